The van der Waals surface area contributed by atoms with Gasteiger partial charge in [-0.1, -0.05) is 48.5 Å². The van der Waals surface area contributed by atoms with Crippen LogP contribution in [0.25, 0.3) is 10.8 Å². The molecular weight excluding hydrogens is 367 g/mol. The van der Waals surface area contributed by atoms with Crippen LogP contribution in [0.1, 0.15) is 28.2 Å². The van der Waals surface area contributed by atoms with Crippen molar-refractivity contribution in [1.29, 1.82) is 5.26 Å². The number of ether oxygens (including phenoxy) is 1. The summed E-state index contributed by atoms with van der Waals surface area (Å²) in [5.41, 5.74) is 14.9. The topological polar surface area (TPSA) is 98.0 Å². The molecule has 4 aromatic rings. The summed E-state index contributed by atoms with van der Waals surface area (Å²) in [7, 11) is 0. The van der Waals surface area contributed by atoms with Gasteiger partial charge in [-0.3, -0.25) is 0 Å². The molecule has 5 nitrogen and oxygen atoms in total. The zero-order valence-corrected chi connectivity index (χ0v) is 15.2. The second-order valence-corrected chi connectivity index (χ2v) is 6.91. The molecule has 1 aromatic heterocycles. The number of nitriles is 1. The fourth-order valence-electron chi connectivity index (χ4n) is 3.94. The number of benzene rings is 3. The minimum absolute atomic E-state index is 0.0188. The van der Waals surface area contributed by atoms with E-state index in [-0.39, 0.29) is 34.7 Å². The van der Waals surface area contributed by atoms with Gasteiger partial charge in [0.25, 0.3) is 0 Å². The van der Waals surface area contributed by atoms with Gasteiger partial charge in [0.1, 0.15) is 29.0 Å². The monoisotopic (exact) mass is 382 g/mol. The Morgan fingerprint density at radius 2 is 1.76 bits per heavy atom. The van der Waals surface area contributed by atoms with Gasteiger partial charge in [0, 0.05) is 16.9 Å². The normalized spacial score (nSPS) is 14.6. The highest BCUT2D eigenvalue weighted by Gasteiger charge is 2.34. The Labute approximate surface area is 166 Å². The van der Waals surface area contributed by atoms with Gasteiger partial charge >= 0.3 is 0 Å². The zero-order chi connectivity index (χ0) is 20.1. The van der Waals surface area contributed by atoms with E-state index in [9.17, 15) is 9.65 Å². The summed E-state index contributed by atoms with van der Waals surface area (Å²) in [4.78, 5) is 4.32. The highest BCUT2D eigenvalue weighted by atomic mass is 19.1. The Morgan fingerprint density at radius 1 is 1.00 bits per heavy atom. The van der Waals surface area contributed by atoms with E-state index in [2.05, 4.69) is 4.98 Å². The SMILES string of the molecule is N#Cc1c(N)nc2c(c1N)[C@H](c1ccc(F)cc1)c1ccc3ccccc3c1O2. The molecule has 0 saturated heterocycles. The first-order chi connectivity index (χ1) is 14.1. The molecule has 4 N–H and O–H groups in total. The lowest BCUT2D eigenvalue weighted by Gasteiger charge is -2.30. The summed E-state index contributed by atoms with van der Waals surface area (Å²) in [5.74, 6) is 0.225. The summed E-state index contributed by atoms with van der Waals surface area (Å²) in [6.45, 7) is 0. The first-order valence-electron chi connectivity index (χ1n) is 9.02. The molecule has 0 bridgehead atoms. The average molecular weight is 382 g/mol. The fraction of sp³-hybridized carbons (Fsp3) is 0.0435. The molecule has 0 aliphatic carbocycles. The van der Waals surface area contributed by atoms with Gasteiger partial charge in [0.2, 0.25) is 5.88 Å². The Balaban J connectivity index is 1.87. The molecule has 1 atom stereocenters. The van der Waals surface area contributed by atoms with E-state index >= 15 is 0 Å². The molecular formula is C23H15FN4O. The van der Waals surface area contributed by atoms with Crippen LogP contribution in [0.3, 0.4) is 0 Å². The molecule has 3 aromatic carbocycles. The van der Waals surface area contributed by atoms with Crippen LogP contribution in [0, 0.1) is 17.1 Å². The highest BCUT2D eigenvalue weighted by molar-refractivity contribution is 5.91. The highest BCUT2D eigenvalue weighted by Crippen LogP contribution is 2.52. The number of anilines is 2. The summed E-state index contributed by atoms with van der Waals surface area (Å²) in [5, 5.41) is 11.4. The molecule has 2 heterocycles. The quantitative estimate of drug-likeness (QED) is 0.438. The molecule has 0 spiro atoms. The Kier molecular flexibility index (Phi) is 3.65. The number of nitrogen functional groups attached to an aromatic ring is 2. The molecule has 0 unspecified atom stereocenters. The maximum Gasteiger partial charge on any atom is 0.227 e. The number of halogens is 1. The van der Waals surface area contributed by atoms with E-state index in [1.54, 1.807) is 12.1 Å². The molecule has 1 aliphatic heterocycles. The third kappa shape index (κ3) is 2.48. The number of rotatable bonds is 1. The van der Waals surface area contributed by atoms with Gasteiger partial charge in [-0.15, -0.1) is 0 Å². The van der Waals surface area contributed by atoms with Crippen LogP contribution < -0.4 is 16.2 Å². The molecule has 0 saturated carbocycles. The summed E-state index contributed by atoms with van der Waals surface area (Å²) in [6, 6.07) is 20.1. The third-order valence-electron chi connectivity index (χ3n) is 5.29. The van der Waals surface area contributed by atoms with E-state index in [4.69, 9.17) is 16.2 Å². The molecule has 0 fully saturated rings. The second-order valence-electron chi connectivity index (χ2n) is 6.91. The lowest BCUT2D eigenvalue weighted by Crippen LogP contribution is -2.17. The number of pyridine rings is 1. The van der Waals surface area contributed by atoms with Crippen LogP contribution in [-0.2, 0) is 0 Å². The third-order valence-corrected chi connectivity index (χ3v) is 5.29. The van der Waals surface area contributed by atoms with Gasteiger partial charge in [-0.25, -0.2) is 4.39 Å². The van der Waals surface area contributed by atoms with Crippen LogP contribution in [0.4, 0.5) is 15.9 Å². The van der Waals surface area contributed by atoms with Crippen molar-refractivity contribution in [3.8, 4) is 17.7 Å². The van der Waals surface area contributed by atoms with Crippen molar-refractivity contribution in [3.05, 3.63) is 88.7 Å². The molecule has 0 radical (unpaired) electrons. The van der Waals surface area contributed by atoms with Crippen LogP contribution in [0.5, 0.6) is 11.6 Å². The first-order valence-corrected chi connectivity index (χ1v) is 9.02. The van der Waals surface area contributed by atoms with Crippen LogP contribution >= 0.6 is 0 Å². The Bertz CT molecular complexity index is 1330. The number of nitrogens with zero attached hydrogens (tertiary/aromatic N) is 2. The van der Waals surface area contributed by atoms with Crippen molar-refractivity contribution in [3.63, 3.8) is 0 Å². The van der Waals surface area contributed by atoms with Crippen molar-refractivity contribution in [1.82, 2.24) is 4.98 Å². The molecule has 29 heavy (non-hydrogen) atoms. The molecule has 0 amide bonds. The zero-order valence-electron chi connectivity index (χ0n) is 15.2. The summed E-state index contributed by atoms with van der Waals surface area (Å²) in [6.07, 6.45) is 0. The van der Waals surface area contributed by atoms with Crippen molar-refractivity contribution < 1.29 is 9.13 Å². The van der Waals surface area contributed by atoms with Crippen molar-refractivity contribution in [2.45, 2.75) is 5.92 Å². The predicted molar refractivity (Wildman–Crippen MR) is 109 cm³/mol. The molecule has 1 aliphatic rings. The van der Waals surface area contributed by atoms with Crippen molar-refractivity contribution >= 4 is 22.3 Å². The van der Waals surface area contributed by atoms with E-state index < -0.39 is 0 Å². The smallest absolute Gasteiger partial charge is 0.227 e. The number of nitrogens with two attached hydrogens (primary N) is 2. The number of fused-ring (bicyclic) bond motifs is 4. The van der Waals surface area contributed by atoms with Crippen LogP contribution in [-0.4, -0.2) is 4.98 Å². The summed E-state index contributed by atoms with van der Waals surface area (Å²) < 4.78 is 19.8. The number of hydrogen-bond donors (Lipinski definition) is 2. The van der Waals surface area contributed by atoms with Crippen LogP contribution in [0.15, 0.2) is 60.7 Å². The van der Waals surface area contributed by atoms with Crippen molar-refractivity contribution in [2.75, 3.05) is 11.5 Å². The van der Waals surface area contributed by atoms with Crippen LogP contribution in [0.2, 0.25) is 0 Å². The Hall–Kier alpha value is -4.11. The molecule has 6 heteroatoms. The van der Waals surface area contributed by atoms with Gasteiger partial charge in [-0.05, 0) is 23.1 Å². The minimum Gasteiger partial charge on any atom is -0.438 e. The number of aromatic nitrogens is 1. The lowest BCUT2D eigenvalue weighted by molar-refractivity contribution is 0.440. The van der Waals surface area contributed by atoms with E-state index in [1.807, 2.05) is 42.5 Å². The van der Waals surface area contributed by atoms with Crippen molar-refractivity contribution in [2.24, 2.45) is 0 Å². The van der Waals surface area contributed by atoms with Gasteiger partial charge < -0.3 is 16.2 Å². The van der Waals surface area contributed by atoms with Gasteiger partial charge in [0.05, 0.1) is 11.3 Å². The van der Waals surface area contributed by atoms with E-state index in [0.717, 1.165) is 21.9 Å². The minimum atomic E-state index is -0.376. The maximum atomic E-state index is 13.6. The molecule has 5 rings (SSSR count). The average Bonchev–Trinajstić information content (AvgIpc) is 2.73. The molecule has 140 valence electrons. The largest absolute Gasteiger partial charge is 0.438 e. The number of hydrogen-bond acceptors (Lipinski definition) is 5. The fourth-order valence-corrected chi connectivity index (χ4v) is 3.94. The standard InChI is InChI=1S/C23H15FN4O/c24-14-8-5-13(6-9-14)18-16-10-7-12-3-1-2-4-15(12)21(16)29-23-19(18)20(26)17(11-25)22(27)28-23/h1-10,18H,(H4,26,27,28)/t18-/m1/s1. The van der Waals surface area contributed by atoms with E-state index in [1.165, 1.54) is 12.1 Å². The Morgan fingerprint density at radius 3 is 2.52 bits per heavy atom. The van der Waals surface area contributed by atoms with Gasteiger partial charge in [-0.2, -0.15) is 10.2 Å². The lowest BCUT2D eigenvalue weighted by atomic mass is 9.81. The predicted octanol–water partition coefficient (Wildman–Crippen LogP) is 4.70. The first kappa shape index (κ1) is 17.0. The second kappa shape index (κ2) is 6.21. The van der Waals surface area contributed by atoms with Gasteiger partial charge in [0.15, 0.2) is 0 Å². The van der Waals surface area contributed by atoms with E-state index in [0.29, 0.717) is 11.3 Å². The summed E-state index contributed by atoms with van der Waals surface area (Å²) >= 11 is 0. The maximum absolute atomic E-state index is 13.6.